The van der Waals surface area contributed by atoms with E-state index in [2.05, 4.69) is 17.6 Å². The molecular formula is C22H25N3O. The molecule has 0 aliphatic heterocycles. The summed E-state index contributed by atoms with van der Waals surface area (Å²) in [7, 11) is 0. The van der Waals surface area contributed by atoms with Crippen LogP contribution in [0.4, 0.5) is 5.69 Å². The first kappa shape index (κ1) is 19.3. The molecule has 2 aromatic carbocycles. The van der Waals surface area contributed by atoms with Crippen molar-refractivity contribution >= 4 is 11.6 Å². The fraction of sp³-hybridized carbons (Fsp3) is 0.273. The lowest BCUT2D eigenvalue weighted by atomic mass is 10.1. The molecule has 0 fully saturated rings. The summed E-state index contributed by atoms with van der Waals surface area (Å²) in [6.45, 7) is 4.14. The molecule has 1 atom stereocenters. The molecule has 2 aromatic rings. The second-order valence-corrected chi connectivity index (χ2v) is 6.22. The second-order valence-electron chi connectivity index (χ2n) is 6.22. The maximum atomic E-state index is 12.3. The van der Waals surface area contributed by atoms with Crippen LogP contribution in [-0.2, 0) is 11.2 Å². The quantitative estimate of drug-likeness (QED) is 0.536. The first-order valence-electron chi connectivity index (χ1n) is 8.95. The fourth-order valence-corrected chi connectivity index (χ4v) is 2.53. The molecule has 0 heterocycles. The van der Waals surface area contributed by atoms with Crippen LogP contribution in [0.5, 0.6) is 0 Å². The van der Waals surface area contributed by atoms with Gasteiger partial charge in [0.1, 0.15) is 11.6 Å². The number of hydrogen-bond donors (Lipinski definition) is 2. The highest BCUT2D eigenvalue weighted by Crippen LogP contribution is 2.14. The molecule has 0 saturated heterocycles. The van der Waals surface area contributed by atoms with Gasteiger partial charge in [0.15, 0.2) is 0 Å². The van der Waals surface area contributed by atoms with Crippen molar-refractivity contribution in [1.82, 2.24) is 5.32 Å². The van der Waals surface area contributed by atoms with Crippen molar-refractivity contribution in [2.75, 3.05) is 5.32 Å². The van der Waals surface area contributed by atoms with E-state index in [1.54, 1.807) is 0 Å². The van der Waals surface area contributed by atoms with E-state index in [1.807, 2.05) is 67.6 Å². The molecule has 0 aromatic heterocycles. The number of benzene rings is 2. The van der Waals surface area contributed by atoms with E-state index in [-0.39, 0.29) is 11.6 Å². The number of nitrogens with zero attached hydrogens (tertiary/aromatic N) is 1. The number of hydrogen-bond acceptors (Lipinski definition) is 3. The Balaban J connectivity index is 1.96. The fourth-order valence-electron chi connectivity index (χ4n) is 2.53. The molecule has 2 rings (SSSR count). The van der Waals surface area contributed by atoms with Crippen LogP contribution in [-0.4, -0.2) is 5.91 Å². The Morgan fingerprint density at radius 1 is 1.15 bits per heavy atom. The van der Waals surface area contributed by atoms with Gasteiger partial charge >= 0.3 is 0 Å². The lowest BCUT2D eigenvalue weighted by Crippen LogP contribution is -2.18. The first-order chi connectivity index (χ1) is 12.6. The van der Waals surface area contributed by atoms with Gasteiger partial charge in [0.2, 0.25) is 0 Å². The Hall–Kier alpha value is -3.06. The van der Waals surface area contributed by atoms with Gasteiger partial charge in [-0.25, -0.2) is 0 Å². The summed E-state index contributed by atoms with van der Waals surface area (Å²) in [4.78, 5) is 12.3. The van der Waals surface area contributed by atoms with Crippen LogP contribution in [0, 0.1) is 11.3 Å². The maximum Gasteiger partial charge on any atom is 0.267 e. The van der Waals surface area contributed by atoms with Crippen LogP contribution < -0.4 is 10.6 Å². The Kier molecular flexibility index (Phi) is 7.45. The number of carbonyl (C=O) groups is 1. The highest BCUT2D eigenvalue weighted by atomic mass is 16.1. The minimum Gasteiger partial charge on any atom is -0.383 e. The van der Waals surface area contributed by atoms with Gasteiger partial charge in [-0.15, -0.1) is 0 Å². The highest BCUT2D eigenvalue weighted by Gasteiger charge is 2.10. The van der Waals surface area contributed by atoms with Gasteiger partial charge in [0.25, 0.3) is 5.91 Å². The zero-order chi connectivity index (χ0) is 18.8. The predicted octanol–water partition coefficient (Wildman–Crippen LogP) is 4.73. The predicted molar refractivity (Wildman–Crippen MR) is 105 cm³/mol. The molecule has 0 saturated carbocycles. The standard InChI is InChI=1S/C22H25N3O/c1-3-4-8-18-11-13-21(14-12-18)25-22(26)20(15-23)16-24-17(2)19-9-6-5-7-10-19/h5-7,9-14,16-17,24H,3-4,8H2,1-2H3,(H,25,26)/b20-16-. The average Bonchev–Trinajstić information content (AvgIpc) is 2.68. The van der Waals surface area contributed by atoms with Gasteiger partial charge in [-0.05, 0) is 43.0 Å². The summed E-state index contributed by atoms with van der Waals surface area (Å²) in [6, 6.07) is 19.6. The van der Waals surface area contributed by atoms with Crippen LogP contribution in [0.1, 0.15) is 43.9 Å². The van der Waals surface area contributed by atoms with E-state index in [9.17, 15) is 10.1 Å². The lowest BCUT2D eigenvalue weighted by Gasteiger charge is -2.12. The number of nitriles is 1. The molecule has 2 N–H and O–H groups in total. The molecule has 0 aliphatic rings. The minimum absolute atomic E-state index is 0.00481. The summed E-state index contributed by atoms with van der Waals surface area (Å²) in [6.07, 6.45) is 4.82. The van der Waals surface area contributed by atoms with Crippen LogP contribution in [0.25, 0.3) is 0 Å². The van der Waals surface area contributed by atoms with Gasteiger partial charge < -0.3 is 10.6 Å². The Bertz CT molecular complexity index is 773. The first-order valence-corrected chi connectivity index (χ1v) is 8.95. The Labute approximate surface area is 155 Å². The van der Waals surface area contributed by atoms with Gasteiger partial charge in [-0.3, -0.25) is 4.79 Å². The number of amides is 1. The largest absolute Gasteiger partial charge is 0.383 e. The molecule has 26 heavy (non-hydrogen) atoms. The summed E-state index contributed by atoms with van der Waals surface area (Å²) in [5, 5.41) is 15.2. The molecular weight excluding hydrogens is 322 g/mol. The van der Waals surface area contributed by atoms with Crippen molar-refractivity contribution in [3.63, 3.8) is 0 Å². The smallest absolute Gasteiger partial charge is 0.267 e. The second kappa shape index (κ2) is 10.0. The van der Waals surface area contributed by atoms with Crippen LogP contribution in [0.2, 0.25) is 0 Å². The zero-order valence-electron chi connectivity index (χ0n) is 15.3. The SMILES string of the molecule is CCCCc1ccc(NC(=O)/C(C#N)=C\NC(C)c2ccccc2)cc1. The van der Waals surface area contributed by atoms with Crippen molar-refractivity contribution in [2.24, 2.45) is 0 Å². The van der Waals surface area contributed by atoms with Crippen molar-refractivity contribution in [3.05, 3.63) is 77.5 Å². The molecule has 134 valence electrons. The number of unbranched alkanes of at least 4 members (excludes halogenated alkanes) is 1. The molecule has 4 heteroatoms. The summed E-state index contributed by atoms with van der Waals surface area (Å²) in [5.74, 6) is -0.415. The summed E-state index contributed by atoms with van der Waals surface area (Å²) < 4.78 is 0. The van der Waals surface area contributed by atoms with Gasteiger partial charge in [0, 0.05) is 17.9 Å². The van der Waals surface area contributed by atoms with E-state index >= 15 is 0 Å². The zero-order valence-corrected chi connectivity index (χ0v) is 15.3. The number of nitrogens with one attached hydrogen (secondary N) is 2. The molecule has 1 amide bonds. The third kappa shape index (κ3) is 5.78. The molecule has 0 bridgehead atoms. The number of aryl methyl sites for hydroxylation is 1. The topological polar surface area (TPSA) is 64.9 Å². The van der Waals surface area contributed by atoms with E-state index in [0.29, 0.717) is 5.69 Å². The monoisotopic (exact) mass is 347 g/mol. The van der Waals surface area contributed by atoms with Crippen molar-refractivity contribution in [2.45, 2.75) is 39.2 Å². The van der Waals surface area contributed by atoms with E-state index in [0.717, 1.165) is 24.8 Å². The Morgan fingerprint density at radius 3 is 2.46 bits per heavy atom. The molecule has 0 spiro atoms. The number of carbonyl (C=O) groups excluding carboxylic acids is 1. The molecule has 0 aliphatic carbocycles. The van der Waals surface area contributed by atoms with Crippen LogP contribution in [0.15, 0.2) is 66.4 Å². The van der Waals surface area contributed by atoms with Crippen LogP contribution >= 0.6 is 0 Å². The lowest BCUT2D eigenvalue weighted by molar-refractivity contribution is -0.112. The van der Waals surface area contributed by atoms with Crippen molar-refractivity contribution in [3.8, 4) is 6.07 Å². The van der Waals surface area contributed by atoms with E-state index < -0.39 is 5.91 Å². The van der Waals surface area contributed by atoms with Gasteiger partial charge in [-0.2, -0.15) is 5.26 Å². The summed E-state index contributed by atoms with van der Waals surface area (Å²) in [5.41, 5.74) is 3.07. The van der Waals surface area contributed by atoms with Crippen molar-refractivity contribution in [1.29, 1.82) is 5.26 Å². The van der Waals surface area contributed by atoms with Crippen LogP contribution in [0.3, 0.4) is 0 Å². The Morgan fingerprint density at radius 2 is 1.85 bits per heavy atom. The van der Waals surface area contributed by atoms with E-state index in [4.69, 9.17) is 0 Å². The third-order valence-electron chi connectivity index (χ3n) is 4.17. The average molecular weight is 347 g/mol. The minimum atomic E-state index is -0.415. The maximum absolute atomic E-state index is 12.3. The van der Waals surface area contributed by atoms with Crippen molar-refractivity contribution < 1.29 is 4.79 Å². The molecule has 4 nitrogen and oxygen atoms in total. The van der Waals surface area contributed by atoms with Gasteiger partial charge in [0.05, 0.1) is 0 Å². The molecule has 1 unspecified atom stereocenters. The third-order valence-corrected chi connectivity index (χ3v) is 4.17. The highest BCUT2D eigenvalue weighted by molar-refractivity contribution is 6.06. The molecule has 0 radical (unpaired) electrons. The summed E-state index contributed by atoms with van der Waals surface area (Å²) >= 11 is 0. The van der Waals surface area contributed by atoms with Gasteiger partial charge in [-0.1, -0.05) is 55.8 Å². The number of anilines is 1. The van der Waals surface area contributed by atoms with E-state index in [1.165, 1.54) is 11.8 Å². The number of rotatable bonds is 8. The normalized spacial score (nSPS) is 12.1.